The van der Waals surface area contributed by atoms with Crippen LogP contribution in [0, 0.1) is 0 Å². The van der Waals surface area contributed by atoms with E-state index in [1.54, 1.807) is 0 Å². The molecule has 0 unspecified atom stereocenters. The summed E-state index contributed by atoms with van der Waals surface area (Å²) in [6.45, 7) is 2.92. The summed E-state index contributed by atoms with van der Waals surface area (Å²) in [5, 5.41) is 18.0. The van der Waals surface area contributed by atoms with Crippen LogP contribution in [-0.2, 0) is 6.42 Å². The molecule has 18 heavy (non-hydrogen) atoms. The maximum Gasteiger partial charge on any atom is 0.290 e. The number of aliphatic hydroxyl groups is 1. The van der Waals surface area contributed by atoms with Crippen LogP contribution in [0.2, 0.25) is 0 Å². The molecule has 0 aromatic carbocycles. The van der Waals surface area contributed by atoms with E-state index in [4.69, 9.17) is 5.11 Å². The number of unbranched alkanes of at least 4 members (excludes halogenated alkanes) is 3. The van der Waals surface area contributed by atoms with Crippen molar-refractivity contribution in [3.8, 4) is 0 Å². The number of nitrogens with one attached hydrogen (secondary N) is 2. The van der Waals surface area contributed by atoms with E-state index in [-0.39, 0.29) is 18.3 Å². The summed E-state index contributed by atoms with van der Waals surface area (Å²) in [5.74, 6) is 0.746. The van der Waals surface area contributed by atoms with Gasteiger partial charge in [-0.1, -0.05) is 19.8 Å². The molecule has 0 atom stereocenters. The Morgan fingerprint density at radius 1 is 1.33 bits per heavy atom. The molecule has 0 radical (unpaired) electrons. The van der Waals surface area contributed by atoms with Crippen LogP contribution in [0.15, 0.2) is 0 Å². The zero-order valence-corrected chi connectivity index (χ0v) is 10.9. The lowest BCUT2D eigenvalue weighted by Gasteiger charge is -2.01. The quantitative estimate of drug-likeness (QED) is 0.574. The fourth-order valence-electron chi connectivity index (χ4n) is 1.62. The fourth-order valence-corrected chi connectivity index (χ4v) is 1.62. The molecule has 1 aromatic heterocycles. The maximum atomic E-state index is 11.7. The zero-order chi connectivity index (χ0) is 13.2. The predicted octanol–water partition coefficient (Wildman–Crippen LogP) is 1.04. The first-order chi connectivity index (χ1) is 8.77. The van der Waals surface area contributed by atoms with Crippen LogP contribution >= 0.6 is 0 Å². The molecule has 0 aliphatic carbocycles. The molecule has 6 nitrogen and oxygen atoms in total. The average molecular weight is 254 g/mol. The van der Waals surface area contributed by atoms with Crippen LogP contribution in [0.4, 0.5) is 0 Å². The smallest absolute Gasteiger partial charge is 0.290 e. The molecule has 6 heteroatoms. The van der Waals surface area contributed by atoms with E-state index in [1.165, 1.54) is 0 Å². The monoisotopic (exact) mass is 254 g/mol. The maximum absolute atomic E-state index is 11.7. The molecule has 1 heterocycles. The Hall–Kier alpha value is -1.43. The van der Waals surface area contributed by atoms with E-state index in [9.17, 15) is 4.79 Å². The van der Waals surface area contributed by atoms with Crippen molar-refractivity contribution in [1.29, 1.82) is 0 Å². The van der Waals surface area contributed by atoms with Gasteiger partial charge in [0.1, 0.15) is 5.82 Å². The third-order valence-electron chi connectivity index (χ3n) is 2.59. The van der Waals surface area contributed by atoms with Gasteiger partial charge in [-0.2, -0.15) is 0 Å². The first-order valence-electron chi connectivity index (χ1n) is 6.58. The van der Waals surface area contributed by atoms with Crippen molar-refractivity contribution in [3.05, 3.63) is 11.6 Å². The van der Waals surface area contributed by atoms with Gasteiger partial charge in [0.15, 0.2) is 0 Å². The van der Waals surface area contributed by atoms with Gasteiger partial charge < -0.3 is 10.4 Å². The Balaban J connectivity index is 2.19. The molecule has 0 spiro atoms. The molecular formula is C12H22N4O2. The molecule has 0 saturated carbocycles. The van der Waals surface area contributed by atoms with Crippen LogP contribution in [0.5, 0.6) is 0 Å². The minimum Gasteiger partial charge on any atom is -0.396 e. The van der Waals surface area contributed by atoms with Crippen molar-refractivity contribution >= 4 is 5.91 Å². The molecule has 0 fully saturated rings. The third kappa shape index (κ3) is 5.27. The molecule has 0 saturated heterocycles. The molecule has 0 aliphatic heterocycles. The minimum absolute atomic E-state index is 0.216. The van der Waals surface area contributed by atoms with Gasteiger partial charge in [-0.15, -0.1) is 5.10 Å². The average Bonchev–Trinajstić information content (AvgIpc) is 2.82. The van der Waals surface area contributed by atoms with Gasteiger partial charge in [0, 0.05) is 19.6 Å². The standard InChI is InChI=1S/C12H22N4O2/c1-2-7-10-14-11(16-15-10)12(18)13-8-5-3-4-6-9-17/h17H,2-9H2,1H3,(H,13,18)(H,14,15,16). The van der Waals surface area contributed by atoms with Gasteiger partial charge in [0.2, 0.25) is 5.82 Å². The van der Waals surface area contributed by atoms with Crippen LogP contribution < -0.4 is 5.32 Å². The van der Waals surface area contributed by atoms with Gasteiger partial charge in [0.25, 0.3) is 5.91 Å². The summed E-state index contributed by atoms with van der Waals surface area (Å²) in [6.07, 6.45) is 5.53. The number of aryl methyl sites for hydroxylation is 1. The Morgan fingerprint density at radius 2 is 2.11 bits per heavy atom. The summed E-state index contributed by atoms with van der Waals surface area (Å²) in [6, 6.07) is 0. The molecule has 1 amide bonds. The number of nitrogens with zero attached hydrogens (tertiary/aromatic N) is 2. The summed E-state index contributed by atoms with van der Waals surface area (Å²) >= 11 is 0. The number of hydrogen-bond donors (Lipinski definition) is 3. The number of aromatic amines is 1. The minimum atomic E-state index is -0.226. The highest BCUT2D eigenvalue weighted by Crippen LogP contribution is 1.99. The van der Waals surface area contributed by atoms with Gasteiger partial charge in [0.05, 0.1) is 0 Å². The van der Waals surface area contributed by atoms with Crippen molar-refractivity contribution in [3.63, 3.8) is 0 Å². The second kappa shape index (κ2) is 8.63. The van der Waals surface area contributed by atoms with E-state index in [0.717, 1.165) is 44.3 Å². The lowest BCUT2D eigenvalue weighted by Crippen LogP contribution is -2.25. The third-order valence-corrected chi connectivity index (χ3v) is 2.59. The van der Waals surface area contributed by atoms with Crippen LogP contribution in [0.3, 0.4) is 0 Å². The van der Waals surface area contributed by atoms with Crippen molar-refractivity contribution < 1.29 is 9.90 Å². The first kappa shape index (κ1) is 14.6. The summed E-state index contributed by atoms with van der Waals surface area (Å²) in [7, 11) is 0. The van der Waals surface area contributed by atoms with Crippen molar-refractivity contribution in [2.75, 3.05) is 13.2 Å². The number of H-pyrrole nitrogens is 1. The largest absolute Gasteiger partial charge is 0.396 e. The lowest BCUT2D eigenvalue weighted by molar-refractivity contribution is 0.0942. The number of carbonyl (C=O) groups excluding carboxylic acids is 1. The van der Waals surface area contributed by atoms with Crippen LogP contribution in [0.25, 0.3) is 0 Å². The first-order valence-corrected chi connectivity index (χ1v) is 6.58. The van der Waals surface area contributed by atoms with Gasteiger partial charge >= 0.3 is 0 Å². The van der Waals surface area contributed by atoms with E-state index < -0.39 is 0 Å². The number of amides is 1. The van der Waals surface area contributed by atoms with Crippen molar-refractivity contribution in [2.45, 2.75) is 45.4 Å². The topological polar surface area (TPSA) is 90.9 Å². The Labute approximate surface area is 107 Å². The highest BCUT2D eigenvalue weighted by atomic mass is 16.2. The fraction of sp³-hybridized carbons (Fsp3) is 0.750. The summed E-state index contributed by atoms with van der Waals surface area (Å²) in [5.41, 5.74) is 0. The second-order valence-corrected chi connectivity index (χ2v) is 4.25. The number of carbonyl (C=O) groups is 1. The van der Waals surface area contributed by atoms with Crippen LogP contribution in [-0.4, -0.2) is 39.3 Å². The van der Waals surface area contributed by atoms with Gasteiger partial charge in [-0.05, 0) is 19.3 Å². The van der Waals surface area contributed by atoms with E-state index in [1.807, 2.05) is 0 Å². The molecule has 3 N–H and O–H groups in total. The molecule has 1 aromatic rings. The SMILES string of the molecule is CCCc1nc(C(=O)NCCCCCCO)n[nH]1. The summed E-state index contributed by atoms with van der Waals surface area (Å²) in [4.78, 5) is 15.8. The van der Waals surface area contributed by atoms with Crippen molar-refractivity contribution in [2.24, 2.45) is 0 Å². The molecule has 0 bridgehead atoms. The van der Waals surface area contributed by atoms with Gasteiger partial charge in [-0.25, -0.2) is 4.98 Å². The lowest BCUT2D eigenvalue weighted by atomic mass is 10.2. The predicted molar refractivity (Wildman–Crippen MR) is 68.3 cm³/mol. The Bertz CT molecular complexity index is 352. The molecule has 102 valence electrons. The highest BCUT2D eigenvalue weighted by Gasteiger charge is 2.10. The van der Waals surface area contributed by atoms with E-state index in [2.05, 4.69) is 27.4 Å². The van der Waals surface area contributed by atoms with Gasteiger partial charge in [-0.3, -0.25) is 9.89 Å². The van der Waals surface area contributed by atoms with Crippen LogP contribution in [0.1, 0.15) is 55.5 Å². The molecule has 0 aliphatic rings. The normalized spacial score (nSPS) is 10.6. The number of hydrogen-bond acceptors (Lipinski definition) is 4. The zero-order valence-electron chi connectivity index (χ0n) is 10.9. The Kier molecular flexibility index (Phi) is 7.01. The Morgan fingerprint density at radius 3 is 2.83 bits per heavy atom. The number of rotatable bonds is 9. The number of aliphatic hydroxyl groups excluding tert-OH is 1. The highest BCUT2D eigenvalue weighted by molar-refractivity contribution is 5.90. The van der Waals surface area contributed by atoms with Crippen molar-refractivity contribution in [1.82, 2.24) is 20.5 Å². The number of aromatic nitrogens is 3. The van der Waals surface area contributed by atoms with E-state index >= 15 is 0 Å². The molecule has 1 rings (SSSR count). The molecular weight excluding hydrogens is 232 g/mol. The second-order valence-electron chi connectivity index (χ2n) is 4.25. The van der Waals surface area contributed by atoms with E-state index in [0.29, 0.717) is 6.54 Å². The summed E-state index contributed by atoms with van der Waals surface area (Å²) < 4.78 is 0.